The minimum Gasteiger partial charge on any atom is -0.223 e. The molecule has 2 nitrogen and oxygen atoms in total. The summed E-state index contributed by atoms with van der Waals surface area (Å²) in [6.45, 7) is 1.90. The molecular weight excluding hydrogens is 280 g/mol. The summed E-state index contributed by atoms with van der Waals surface area (Å²) in [5.41, 5.74) is 2.02. The van der Waals surface area contributed by atoms with Crippen molar-refractivity contribution in [3.8, 4) is 0 Å². The number of benzene rings is 2. The molecule has 0 atom stereocenters. The molecule has 0 N–H and O–H groups in total. The Kier molecular flexibility index (Phi) is 5.12. The molecule has 0 spiro atoms. The summed E-state index contributed by atoms with van der Waals surface area (Å²) >= 11 is 0. The molecule has 0 aliphatic rings. The van der Waals surface area contributed by atoms with Gasteiger partial charge in [0.1, 0.15) is 0 Å². The summed E-state index contributed by atoms with van der Waals surface area (Å²) in [7, 11) is -3.25. The first kappa shape index (κ1) is 15.3. The van der Waals surface area contributed by atoms with Crippen molar-refractivity contribution in [1.29, 1.82) is 0 Å². The van der Waals surface area contributed by atoms with Crippen LogP contribution in [-0.2, 0) is 9.84 Å². The van der Waals surface area contributed by atoms with Gasteiger partial charge >= 0.3 is 0 Å². The Balaban J connectivity index is 2.05. The molecule has 0 saturated heterocycles. The average Bonchev–Trinajstić information content (AvgIpc) is 2.53. The number of allylic oxidation sites excluding steroid dienone is 2. The molecule has 0 saturated carbocycles. The average molecular weight is 298 g/mol. The minimum absolute atomic E-state index is 0.0158. The fourth-order valence-electron chi connectivity index (χ4n) is 1.83. The Morgan fingerprint density at radius 2 is 1.52 bits per heavy atom. The Morgan fingerprint density at radius 1 is 0.952 bits per heavy atom. The molecule has 0 heterocycles. The van der Waals surface area contributed by atoms with Crippen LogP contribution < -0.4 is 0 Å². The molecule has 0 unspecified atom stereocenters. The van der Waals surface area contributed by atoms with Crippen LogP contribution in [-0.4, -0.2) is 14.2 Å². The molecule has 0 bridgehead atoms. The highest BCUT2D eigenvalue weighted by Gasteiger charge is 2.11. The molecule has 2 rings (SSSR count). The van der Waals surface area contributed by atoms with Crippen LogP contribution in [0.1, 0.15) is 12.5 Å². The van der Waals surface area contributed by atoms with Crippen LogP contribution in [0.2, 0.25) is 0 Å². The zero-order valence-corrected chi connectivity index (χ0v) is 12.8. The van der Waals surface area contributed by atoms with Gasteiger partial charge in [-0.15, -0.1) is 0 Å². The van der Waals surface area contributed by atoms with Crippen molar-refractivity contribution in [3.05, 3.63) is 84.0 Å². The number of rotatable bonds is 5. The van der Waals surface area contributed by atoms with E-state index in [9.17, 15) is 8.42 Å². The first-order chi connectivity index (χ1) is 10.1. The smallest absolute Gasteiger partial charge is 0.181 e. The highest BCUT2D eigenvalue weighted by atomic mass is 32.2. The SMILES string of the molecule is CC(C=Cc1ccccc1)=CCS(=O)(=O)c1ccccc1. The van der Waals surface area contributed by atoms with Crippen molar-refractivity contribution in [3.63, 3.8) is 0 Å². The maximum Gasteiger partial charge on any atom is 0.181 e. The maximum atomic E-state index is 12.1. The van der Waals surface area contributed by atoms with Gasteiger partial charge in [0.15, 0.2) is 9.84 Å². The highest BCUT2D eigenvalue weighted by molar-refractivity contribution is 7.91. The monoisotopic (exact) mass is 298 g/mol. The van der Waals surface area contributed by atoms with Crippen molar-refractivity contribution in [1.82, 2.24) is 0 Å². The Morgan fingerprint density at radius 3 is 2.14 bits per heavy atom. The molecule has 0 radical (unpaired) electrons. The fourth-order valence-corrected chi connectivity index (χ4v) is 3.07. The fraction of sp³-hybridized carbons (Fsp3) is 0.111. The topological polar surface area (TPSA) is 34.1 Å². The van der Waals surface area contributed by atoms with E-state index >= 15 is 0 Å². The third-order valence-electron chi connectivity index (χ3n) is 3.07. The van der Waals surface area contributed by atoms with E-state index in [1.807, 2.05) is 55.5 Å². The van der Waals surface area contributed by atoms with E-state index in [1.165, 1.54) is 0 Å². The zero-order valence-electron chi connectivity index (χ0n) is 11.9. The quantitative estimate of drug-likeness (QED) is 0.778. The molecule has 3 heteroatoms. The largest absolute Gasteiger partial charge is 0.223 e. The Labute approximate surface area is 126 Å². The summed E-state index contributed by atoms with van der Waals surface area (Å²) in [5, 5.41) is 0. The summed E-state index contributed by atoms with van der Waals surface area (Å²) < 4.78 is 24.3. The molecule has 108 valence electrons. The summed E-state index contributed by atoms with van der Waals surface area (Å²) in [6.07, 6.45) is 5.64. The van der Waals surface area contributed by atoms with E-state index in [2.05, 4.69) is 0 Å². The molecule has 2 aromatic carbocycles. The second-order valence-electron chi connectivity index (χ2n) is 4.79. The van der Waals surface area contributed by atoms with Crippen molar-refractivity contribution in [2.45, 2.75) is 11.8 Å². The number of sulfone groups is 1. The molecule has 0 amide bonds. The van der Waals surface area contributed by atoms with Crippen molar-refractivity contribution < 1.29 is 8.42 Å². The van der Waals surface area contributed by atoms with E-state index in [4.69, 9.17) is 0 Å². The Bertz CT molecular complexity index is 727. The van der Waals surface area contributed by atoms with Gasteiger partial charge in [0.05, 0.1) is 10.6 Å². The Hall–Kier alpha value is -2.13. The van der Waals surface area contributed by atoms with Gasteiger partial charge in [-0.25, -0.2) is 8.42 Å². The molecular formula is C18H18O2S. The maximum absolute atomic E-state index is 12.1. The number of hydrogen-bond acceptors (Lipinski definition) is 2. The van der Waals surface area contributed by atoms with Gasteiger partial charge in [0.25, 0.3) is 0 Å². The van der Waals surface area contributed by atoms with Crippen molar-refractivity contribution >= 4 is 15.9 Å². The predicted octanol–water partition coefficient (Wildman–Crippen LogP) is 4.12. The lowest BCUT2D eigenvalue weighted by Crippen LogP contribution is -2.04. The molecule has 0 aliphatic heterocycles. The first-order valence-electron chi connectivity index (χ1n) is 6.76. The van der Waals surface area contributed by atoms with Crippen LogP contribution in [0.25, 0.3) is 6.08 Å². The molecule has 2 aromatic rings. The van der Waals surface area contributed by atoms with Crippen LogP contribution in [0.3, 0.4) is 0 Å². The van der Waals surface area contributed by atoms with Gasteiger partial charge in [0.2, 0.25) is 0 Å². The molecule has 0 aromatic heterocycles. The van der Waals surface area contributed by atoms with Crippen molar-refractivity contribution in [2.75, 3.05) is 5.75 Å². The van der Waals surface area contributed by atoms with E-state index < -0.39 is 9.84 Å². The van der Waals surface area contributed by atoms with Gasteiger partial charge in [0, 0.05) is 0 Å². The van der Waals surface area contributed by atoms with Gasteiger partial charge in [-0.3, -0.25) is 0 Å². The molecule has 0 fully saturated rings. The normalized spacial score (nSPS) is 12.7. The van der Waals surface area contributed by atoms with Crippen LogP contribution in [0.4, 0.5) is 0 Å². The predicted molar refractivity (Wildman–Crippen MR) is 87.7 cm³/mol. The van der Waals surface area contributed by atoms with Crippen LogP contribution >= 0.6 is 0 Å². The van der Waals surface area contributed by atoms with Gasteiger partial charge < -0.3 is 0 Å². The van der Waals surface area contributed by atoms with E-state index in [0.717, 1.165) is 11.1 Å². The van der Waals surface area contributed by atoms with E-state index in [1.54, 1.807) is 30.3 Å². The van der Waals surface area contributed by atoms with Crippen LogP contribution in [0.5, 0.6) is 0 Å². The van der Waals surface area contributed by atoms with E-state index in [0.29, 0.717) is 4.90 Å². The first-order valence-corrected chi connectivity index (χ1v) is 8.41. The van der Waals surface area contributed by atoms with Gasteiger partial charge in [-0.05, 0) is 24.6 Å². The summed E-state index contributed by atoms with van der Waals surface area (Å²) in [4.78, 5) is 0.362. The van der Waals surface area contributed by atoms with Crippen LogP contribution in [0.15, 0.2) is 83.3 Å². The summed E-state index contributed by atoms with van der Waals surface area (Å²) in [6, 6.07) is 18.4. The summed E-state index contributed by atoms with van der Waals surface area (Å²) in [5.74, 6) is 0.0158. The highest BCUT2D eigenvalue weighted by Crippen LogP contribution is 2.12. The van der Waals surface area contributed by atoms with Crippen molar-refractivity contribution in [2.24, 2.45) is 0 Å². The molecule has 0 aliphatic carbocycles. The lowest BCUT2D eigenvalue weighted by molar-refractivity contribution is 0.599. The standard InChI is InChI=1S/C18H18O2S/c1-16(12-13-17-8-4-2-5-9-17)14-15-21(19,20)18-10-6-3-7-11-18/h2-14H,15H2,1H3. The van der Waals surface area contributed by atoms with Gasteiger partial charge in [-0.1, -0.05) is 72.3 Å². The van der Waals surface area contributed by atoms with E-state index in [-0.39, 0.29) is 5.75 Å². The third kappa shape index (κ3) is 4.72. The molecule has 21 heavy (non-hydrogen) atoms. The second-order valence-corrected chi connectivity index (χ2v) is 6.82. The van der Waals surface area contributed by atoms with Gasteiger partial charge in [-0.2, -0.15) is 0 Å². The lowest BCUT2D eigenvalue weighted by Gasteiger charge is -2.01. The minimum atomic E-state index is -3.25. The zero-order chi connectivity index (χ0) is 15.1. The van der Waals surface area contributed by atoms with Crippen LogP contribution in [0, 0.1) is 0 Å². The lowest BCUT2D eigenvalue weighted by atomic mass is 10.2. The number of hydrogen-bond donors (Lipinski definition) is 0. The second kappa shape index (κ2) is 7.04. The third-order valence-corrected chi connectivity index (χ3v) is 4.66.